The number of rotatable bonds is 12. The van der Waals surface area contributed by atoms with E-state index in [1.165, 1.54) is 17.0 Å². The average molecular weight is 792 g/mol. The molecule has 300 valence electrons. The van der Waals surface area contributed by atoms with Gasteiger partial charge < -0.3 is 48.6 Å². The Balaban J connectivity index is 1.65. The Labute approximate surface area is 322 Å². The summed E-state index contributed by atoms with van der Waals surface area (Å²) in [6.07, 6.45) is -5.64. The summed E-state index contributed by atoms with van der Waals surface area (Å²) in [5.74, 6) is -17.0. The summed E-state index contributed by atoms with van der Waals surface area (Å²) in [5, 5.41) is 47.4. The zero-order valence-electron chi connectivity index (χ0n) is 30.8. The fraction of sp³-hybridized carbons (Fsp3) is 0.316. The number of furan rings is 1. The van der Waals surface area contributed by atoms with Crippen LogP contribution >= 0.6 is 0 Å². The lowest BCUT2D eigenvalue weighted by Gasteiger charge is -2.56. The van der Waals surface area contributed by atoms with Crippen molar-refractivity contribution in [2.45, 2.75) is 76.6 Å². The minimum Gasteiger partial charge on any atom is -0.469 e. The standard InChI is InChI=1S/C38H37N3O16/c1-21(42)52-35(48)37(54-23(3)44)38(50,55-24(4)45)36(49,53-22(2)43)31(46)34(56-37)57-41-29(18-25-12-7-5-8-13-25)32-39-28(19-27-16-11-17-51-27)33(47)40(32)20-30(41)26-14-9-6-10-15-26/h5-17,20,31,34-35,46,48-50H,18-19H2,1-4H3/t31-,34-,35?,36-,37+,38-/m0/s1. The first-order valence-corrected chi connectivity index (χ1v) is 17.2. The molecule has 1 fully saturated rings. The Bertz CT molecular complexity index is 2290. The van der Waals surface area contributed by atoms with Gasteiger partial charge in [0.2, 0.25) is 0 Å². The third-order valence-electron chi connectivity index (χ3n) is 8.72. The largest absolute Gasteiger partial charge is 0.469 e. The number of imidazole rings is 1. The molecule has 0 aliphatic carbocycles. The Kier molecular flexibility index (Phi) is 11.0. The first kappa shape index (κ1) is 40.3. The van der Waals surface area contributed by atoms with Gasteiger partial charge in [-0.3, -0.25) is 33.3 Å². The van der Waals surface area contributed by atoms with Crippen LogP contribution in [0.1, 0.15) is 50.4 Å². The molecular formula is C38H37N3O16. The molecule has 1 saturated heterocycles. The molecule has 6 atom stereocenters. The van der Waals surface area contributed by atoms with Crippen molar-refractivity contribution in [3.63, 3.8) is 0 Å². The maximum atomic E-state index is 14.0. The number of hydrogen-bond acceptors (Lipinski definition) is 17. The maximum absolute atomic E-state index is 14.0. The number of benzene rings is 2. The molecule has 3 aliphatic heterocycles. The molecule has 3 aromatic rings. The summed E-state index contributed by atoms with van der Waals surface area (Å²) in [6, 6.07) is 20.4. The molecule has 0 spiro atoms. The molecule has 0 saturated carbocycles. The molecule has 19 nitrogen and oxygen atoms in total. The van der Waals surface area contributed by atoms with Crippen LogP contribution in [0.15, 0.2) is 94.5 Å². The SMILES string of the molecule is CC(=O)OC(O)[C@@]1(OC(C)=O)O[C@@H](On2c(-c3ccccc3)cn3c(=O)c(Cc4ccco4)nc-3c2Cc2ccccc2)[C@H](O)[C@](O)(OC(C)=O)[C@]1(O)OC(C)=O. The van der Waals surface area contributed by atoms with E-state index in [-0.39, 0.29) is 35.7 Å². The molecule has 57 heavy (non-hydrogen) atoms. The molecule has 4 N–H and O–H groups in total. The molecule has 0 bridgehead atoms. The van der Waals surface area contributed by atoms with Crippen molar-refractivity contribution in [2.24, 2.45) is 0 Å². The van der Waals surface area contributed by atoms with E-state index in [0.717, 1.165) is 25.5 Å². The van der Waals surface area contributed by atoms with Crippen LogP contribution < -0.4 is 10.4 Å². The van der Waals surface area contributed by atoms with Crippen LogP contribution in [0, 0.1) is 0 Å². The van der Waals surface area contributed by atoms with Crippen molar-refractivity contribution in [1.29, 1.82) is 0 Å². The Morgan fingerprint density at radius 2 is 1.47 bits per heavy atom. The number of carbonyl (C=O) groups is 4. The maximum Gasteiger partial charge on any atom is 0.353 e. The van der Waals surface area contributed by atoms with E-state index < -0.39 is 65.5 Å². The highest BCUT2D eigenvalue weighted by Gasteiger charge is 2.83. The van der Waals surface area contributed by atoms with Gasteiger partial charge >= 0.3 is 41.2 Å². The fourth-order valence-electron chi connectivity index (χ4n) is 6.41. The third kappa shape index (κ3) is 7.48. The number of fused-ring (bicyclic) bond motifs is 1. The predicted octanol–water partition coefficient (Wildman–Crippen LogP) is 0.703. The molecule has 2 aromatic carbocycles. The van der Waals surface area contributed by atoms with Gasteiger partial charge in [-0.15, -0.1) is 0 Å². The van der Waals surface area contributed by atoms with Crippen molar-refractivity contribution >= 4 is 23.9 Å². The molecule has 6 rings (SSSR count). The average Bonchev–Trinajstić information content (AvgIpc) is 3.77. The van der Waals surface area contributed by atoms with E-state index in [2.05, 4.69) is 4.98 Å². The minimum atomic E-state index is -4.11. The van der Waals surface area contributed by atoms with Gasteiger partial charge in [0.25, 0.3) is 18.1 Å². The van der Waals surface area contributed by atoms with Gasteiger partial charge in [0.05, 0.1) is 12.7 Å². The Morgan fingerprint density at radius 3 is 2.05 bits per heavy atom. The summed E-state index contributed by atoms with van der Waals surface area (Å²) in [5.41, 5.74) is 0.742. The number of aromatic nitrogens is 3. The van der Waals surface area contributed by atoms with Crippen LogP contribution in [-0.2, 0) is 55.7 Å². The van der Waals surface area contributed by atoms with E-state index in [4.69, 9.17) is 32.9 Å². The summed E-state index contributed by atoms with van der Waals surface area (Å²) < 4.78 is 33.6. The van der Waals surface area contributed by atoms with Crippen molar-refractivity contribution in [3.05, 3.63) is 118 Å². The molecule has 4 heterocycles. The second-order valence-corrected chi connectivity index (χ2v) is 12.9. The van der Waals surface area contributed by atoms with Crippen LogP contribution in [0.4, 0.5) is 0 Å². The van der Waals surface area contributed by atoms with Crippen LogP contribution in [0.3, 0.4) is 0 Å². The summed E-state index contributed by atoms with van der Waals surface area (Å²) in [4.78, 5) is 74.8. The van der Waals surface area contributed by atoms with E-state index in [0.29, 0.717) is 23.8 Å². The molecule has 1 aromatic heterocycles. The Morgan fingerprint density at radius 1 is 0.842 bits per heavy atom. The van der Waals surface area contributed by atoms with Crippen LogP contribution in [-0.4, -0.2) is 94.6 Å². The monoisotopic (exact) mass is 791 g/mol. The minimum absolute atomic E-state index is 0.00659. The highest BCUT2D eigenvalue weighted by atomic mass is 16.9. The first-order valence-electron chi connectivity index (χ1n) is 17.2. The third-order valence-corrected chi connectivity index (χ3v) is 8.72. The predicted molar refractivity (Wildman–Crippen MR) is 188 cm³/mol. The second-order valence-electron chi connectivity index (χ2n) is 12.9. The van der Waals surface area contributed by atoms with Crippen molar-refractivity contribution in [2.75, 3.05) is 0 Å². The quantitative estimate of drug-likeness (QED) is 0.0770. The van der Waals surface area contributed by atoms with Gasteiger partial charge in [-0.2, -0.15) is 4.73 Å². The number of aliphatic hydroxyl groups is 4. The summed E-state index contributed by atoms with van der Waals surface area (Å²) in [7, 11) is 0. The number of esters is 4. The number of aliphatic hydroxyl groups excluding tert-OH is 2. The summed E-state index contributed by atoms with van der Waals surface area (Å²) >= 11 is 0. The zero-order chi connectivity index (χ0) is 41.3. The van der Waals surface area contributed by atoms with E-state index in [1.807, 2.05) is 0 Å². The van der Waals surface area contributed by atoms with Gasteiger partial charge in [-0.25, -0.2) is 4.98 Å². The smallest absolute Gasteiger partial charge is 0.353 e. The molecule has 19 heteroatoms. The van der Waals surface area contributed by atoms with Gasteiger partial charge in [-0.1, -0.05) is 60.7 Å². The van der Waals surface area contributed by atoms with Crippen molar-refractivity contribution in [3.8, 4) is 17.1 Å². The van der Waals surface area contributed by atoms with Crippen LogP contribution in [0.25, 0.3) is 17.1 Å². The number of hydrogen-bond donors (Lipinski definition) is 4. The van der Waals surface area contributed by atoms with Crippen LogP contribution in [0.2, 0.25) is 0 Å². The lowest BCUT2D eigenvalue weighted by molar-refractivity contribution is -0.547. The first-order chi connectivity index (χ1) is 27.0. The summed E-state index contributed by atoms with van der Waals surface area (Å²) in [6.45, 7) is 2.95. The molecule has 1 unspecified atom stereocenters. The molecule has 0 radical (unpaired) electrons. The fourth-order valence-corrected chi connectivity index (χ4v) is 6.41. The molecule has 3 aliphatic rings. The van der Waals surface area contributed by atoms with Gasteiger partial charge in [0, 0.05) is 45.9 Å². The zero-order valence-corrected chi connectivity index (χ0v) is 30.8. The van der Waals surface area contributed by atoms with Gasteiger partial charge in [0.15, 0.2) is 11.9 Å². The Hall–Kier alpha value is -6.38. The van der Waals surface area contributed by atoms with Gasteiger partial charge in [0.1, 0.15) is 22.8 Å². The van der Waals surface area contributed by atoms with Gasteiger partial charge in [-0.05, 0) is 17.7 Å². The van der Waals surface area contributed by atoms with Crippen molar-refractivity contribution in [1.82, 2.24) is 14.3 Å². The van der Waals surface area contributed by atoms with E-state index >= 15 is 0 Å². The number of ether oxygens (including phenoxy) is 5. The lowest BCUT2D eigenvalue weighted by atomic mass is 9.86. The highest BCUT2D eigenvalue weighted by Crippen LogP contribution is 2.49. The molecule has 0 amide bonds. The highest BCUT2D eigenvalue weighted by molar-refractivity contribution is 5.70. The molecular weight excluding hydrogens is 754 g/mol. The van der Waals surface area contributed by atoms with E-state index in [9.17, 15) is 44.4 Å². The van der Waals surface area contributed by atoms with Crippen LogP contribution in [0.5, 0.6) is 0 Å². The topological polar surface area (TPSA) is 258 Å². The lowest BCUT2D eigenvalue weighted by Crippen LogP contribution is -2.85. The number of carbonyl (C=O) groups excluding carboxylic acids is 4. The number of nitrogens with zero attached hydrogens (tertiary/aromatic N) is 3. The second kappa shape index (κ2) is 15.6. The normalized spacial score (nSPS) is 23.6. The van der Waals surface area contributed by atoms with Crippen molar-refractivity contribution < 1.29 is 72.5 Å². The van der Waals surface area contributed by atoms with E-state index in [1.54, 1.807) is 72.8 Å².